The number of aryl methyl sites for hydroxylation is 2. The largest absolute Gasteiger partial charge is 0.378 e. The van der Waals surface area contributed by atoms with Crippen molar-refractivity contribution in [3.63, 3.8) is 0 Å². The molecule has 0 aliphatic carbocycles. The van der Waals surface area contributed by atoms with Gasteiger partial charge in [0.15, 0.2) is 0 Å². The van der Waals surface area contributed by atoms with E-state index in [-0.39, 0.29) is 18.3 Å². The van der Waals surface area contributed by atoms with E-state index in [1.54, 1.807) is 11.6 Å². The van der Waals surface area contributed by atoms with E-state index in [0.29, 0.717) is 11.1 Å². The van der Waals surface area contributed by atoms with E-state index < -0.39 is 5.92 Å². The van der Waals surface area contributed by atoms with Crippen LogP contribution >= 0.6 is 0 Å². The molecule has 1 heterocycles. The summed E-state index contributed by atoms with van der Waals surface area (Å²) in [5, 5.41) is 1.53. The first-order chi connectivity index (χ1) is 13.3. The molecule has 0 radical (unpaired) electrons. The highest BCUT2D eigenvalue weighted by Crippen LogP contribution is 2.34. The van der Waals surface area contributed by atoms with Crippen molar-refractivity contribution >= 4 is 17.1 Å². The molecule has 0 saturated carbocycles. The fraction of sp³-hybridized carbons (Fsp3) is 0.333. The Balaban J connectivity index is 2.39. The Hall–Kier alpha value is -2.72. The highest BCUT2D eigenvalue weighted by molar-refractivity contribution is 5.98. The van der Waals surface area contributed by atoms with E-state index in [1.807, 2.05) is 70.2 Å². The summed E-state index contributed by atoms with van der Waals surface area (Å²) < 4.78 is 7.35. The maximum Gasteiger partial charge on any atom is 0.258 e. The van der Waals surface area contributed by atoms with Crippen LogP contribution in [0, 0.1) is 13.8 Å². The van der Waals surface area contributed by atoms with Gasteiger partial charge < -0.3 is 14.1 Å². The molecule has 0 spiro atoms. The standard InChI is InChI=1S/C24H27NO3/c1-15(2)28-14-19(13-26)23-22(18-9-6-16(3)7-10-18)21-12-17(4)8-11-20(21)24(27)25(23)5/h6-13,15,19H,14H2,1-5H3. The van der Waals surface area contributed by atoms with Crippen LogP contribution in [-0.2, 0) is 16.6 Å². The number of carbonyl (C=O) groups is 1. The Bertz CT molecular complexity index is 1060. The number of hydrogen-bond donors (Lipinski definition) is 0. The number of pyridine rings is 1. The minimum Gasteiger partial charge on any atom is -0.378 e. The van der Waals surface area contributed by atoms with Crippen LogP contribution < -0.4 is 5.56 Å². The van der Waals surface area contributed by atoms with Crippen molar-refractivity contribution in [1.82, 2.24) is 4.57 Å². The summed E-state index contributed by atoms with van der Waals surface area (Å²) >= 11 is 0. The van der Waals surface area contributed by atoms with Gasteiger partial charge in [-0.05, 0) is 44.7 Å². The molecule has 4 nitrogen and oxygen atoms in total. The first-order valence-electron chi connectivity index (χ1n) is 9.60. The van der Waals surface area contributed by atoms with E-state index in [0.717, 1.165) is 33.9 Å². The second-order valence-electron chi connectivity index (χ2n) is 7.66. The van der Waals surface area contributed by atoms with Gasteiger partial charge in [0, 0.05) is 23.7 Å². The number of aromatic nitrogens is 1. The molecule has 0 bridgehead atoms. The molecular formula is C24H27NO3. The number of hydrogen-bond acceptors (Lipinski definition) is 3. The SMILES string of the molecule is Cc1ccc(-c2c(C(C=O)COC(C)C)n(C)c(=O)c3ccc(C)cc23)cc1. The van der Waals surface area contributed by atoms with Crippen molar-refractivity contribution in [3.05, 3.63) is 69.6 Å². The molecule has 2 aromatic carbocycles. The molecule has 3 rings (SSSR count). The van der Waals surface area contributed by atoms with Crippen molar-refractivity contribution in [2.45, 2.75) is 39.7 Å². The van der Waals surface area contributed by atoms with Crippen LogP contribution in [0.25, 0.3) is 21.9 Å². The quantitative estimate of drug-likeness (QED) is 0.593. The van der Waals surface area contributed by atoms with Gasteiger partial charge in [-0.15, -0.1) is 0 Å². The Morgan fingerprint density at radius 3 is 2.25 bits per heavy atom. The molecule has 0 amide bonds. The first kappa shape index (κ1) is 20.0. The average molecular weight is 377 g/mol. The molecule has 1 unspecified atom stereocenters. The Labute approximate surface area is 165 Å². The molecule has 0 fully saturated rings. The van der Waals surface area contributed by atoms with Crippen molar-refractivity contribution in [2.75, 3.05) is 6.61 Å². The van der Waals surface area contributed by atoms with Gasteiger partial charge in [-0.3, -0.25) is 4.79 Å². The number of fused-ring (bicyclic) bond motifs is 1. The third kappa shape index (κ3) is 3.78. The van der Waals surface area contributed by atoms with Crippen molar-refractivity contribution in [3.8, 4) is 11.1 Å². The van der Waals surface area contributed by atoms with E-state index in [4.69, 9.17) is 4.74 Å². The second-order valence-corrected chi connectivity index (χ2v) is 7.66. The van der Waals surface area contributed by atoms with Crippen molar-refractivity contribution < 1.29 is 9.53 Å². The monoisotopic (exact) mass is 377 g/mol. The summed E-state index contributed by atoms with van der Waals surface area (Å²) in [6, 6.07) is 14.0. The second kappa shape index (κ2) is 8.11. The van der Waals surface area contributed by atoms with Gasteiger partial charge in [-0.1, -0.05) is 47.5 Å². The first-order valence-corrected chi connectivity index (χ1v) is 9.60. The molecule has 1 aromatic heterocycles. The third-order valence-electron chi connectivity index (χ3n) is 5.06. The molecular weight excluding hydrogens is 350 g/mol. The summed E-state index contributed by atoms with van der Waals surface area (Å²) in [4.78, 5) is 25.1. The van der Waals surface area contributed by atoms with Gasteiger partial charge in [0.2, 0.25) is 0 Å². The average Bonchev–Trinajstić information content (AvgIpc) is 2.66. The van der Waals surface area contributed by atoms with E-state index in [2.05, 4.69) is 0 Å². The van der Waals surface area contributed by atoms with Gasteiger partial charge in [-0.25, -0.2) is 0 Å². The van der Waals surface area contributed by atoms with Crippen LogP contribution in [0.4, 0.5) is 0 Å². The van der Waals surface area contributed by atoms with Crippen molar-refractivity contribution in [1.29, 1.82) is 0 Å². The summed E-state index contributed by atoms with van der Waals surface area (Å²) in [7, 11) is 1.74. The number of rotatable bonds is 6. The minimum absolute atomic E-state index is 0.00463. The number of ether oxygens (including phenoxy) is 1. The molecule has 0 saturated heterocycles. The zero-order valence-corrected chi connectivity index (χ0v) is 17.2. The van der Waals surface area contributed by atoms with Crippen LogP contribution in [0.1, 0.15) is 36.6 Å². The Kier molecular flexibility index (Phi) is 5.80. The van der Waals surface area contributed by atoms with Gasteiger partial charge in [0.1, 0.15) is 6.29 Å². The van der Waals surface area contributed by atoms with Gasteiger partial charge in [0.25, 0.3) is 5.56 Å². The van der Waals surface area contributed by atoms with Crippen LogP contribution in [0.2, 0.25) is 0 Å². The molecule has 1 atom stereocenters. The lowest BCUT2D eigenvalue weighted by Crippen LogP contribution is -2.27. The number of benzene rings is 2. The van der Waals surface area contributed by atoms with Crippen LogP contribution in [0.15, 0.2) is 47.3 Å². The van der Waals surface area contributed by atoms with Gasteiger partial charge in [0.05, 0.1) is 18.6 Å². The Morgan fingerprint density at radius 2 is 1.64 bits per heavy atom. The van der Waals surface area contributed by atoms with Crippen LogP contribution in [0.5, 0.6) is 0 Å². The summed E-state index contributed by atoms with van der Waals surface area (Å²) in [6.07, 6.45) is 0.890. The van der Waals surface area contributed by atoms with Crippen molar-refractivity contribution in [2.24, 2.45) is 7.05 Å². The molecule has 4 heteroatoms. The van der Waals surface area contributed by atoms with Crippen LogP contribution in [-0.4, -0.2) is 23.6 Å². The fourth-order valence-electron chi connectivity index (χ4n) is 3.58. The van der Waals surface area contributed by atoms with Crippen LogP contribution in [0.3, 0.4) is 0 Å². The summed E-state index contributed by atoms with van der Waals surface area (Å²) in [6.45, 7) is 8.16. The summed E-state index contributed by atoms with van der Waals surface area (Å²) in [5.74, 6) is -0.527. The lowest BCUT2D eigenvalue weighted by Gasteiger charge is -2.23. The lowest BCUT2D eigenvalue weighted by molar-refractivity contribution is -0.110. The van der Waals surface area contributed by atoms with E-state index in [1.165, 1.54) is 0 Å². The molecule has 146 valence electrons. The fourth-order valence-corrected chi connectivity index (χ4v) is 3.58. The molecule has 28 heavy (non-hydrogen) atoms. The van der Waals surface area contributed by atoms with E-state index >= 15 is 0 Å². The summed E-state index contributed by atoms with van der Waals surface area (Å²) in [5.41, 5.74) is 4.74. The molecule has 0 aliphatic heterocycles. The number of nitrogens with zero attached hydrogens (tertiary/aromatic N) is 1. The zero-order valence-electron chi connectivity index (χ0n) is 17.2. The predicted octanol–water partition coefficient (Wildman–Crippen LogP) is 4.53. The van der Waals surface area contributed by atoms with Gasteiger partial charge >= 0.3 is 0 Å². The van der Waals surface area contributed by atoms with Gasteiger partial charge in [-0.2, -0.15) is 0 Å². The Morgan fingerprint density at radius 1 is 1.00 bits per heavy atom. The maximum absolute atomic E-state index is 13.1. The third-order valence-corrected chi connectivity index (χ3v) is 5.06. The number of aldehydes is 1. The minimum atomic E-state index is -0.527. The highest BCUT2D eigenvalue weighted by Gasteiger charge is 2.24. The highest BCUT2D eigenvalue weighted by atomic mass is 16.5. The maximum atomic E-state index is 13.1. The molecule has 0 N–H and O–H groups in total. The lowest BCUT2D eigenvalue weighted by atomic mass is 9.90. The zero-order chi connectivity index (χ0) is 20.4. The predicted molar refractivity (Wildman–Crippen MR) is 114 cm³/mol. The smallest absolute Gasteiger partial charge is 0.258 e. The topological polar surface area (TPSA) is 48.3 Å². The number of carbonyl (C=O) groups excluding carboxylic acids is 1. The molecule has 0 aliphatic rings. The normalized spacial score (nSPS) is 12.5. The molecule has 3 aromatic rings. The van der Waals surface area contributed by atoms with E-state index in [9.17, 15) is 9.59 Å².